The molecule has 60 heavy (non-hydrogen) atoms. The van der Waals surface area contributed by atoms with Crippen LogP contribution in [0.1, 0.15) is 0 Å². The van der Waals surface area contributed by atoms with Crippen molar-refractivity contribution in [1.82, 2.24) is 19.1 Å². The van der Waals surface area contributed by atoms with Crippen LogP contribution in [0.15, 0.2) is 206 Å². The Morgan fingerprint density at radius 2 is 0.750 bits per heavy atom. The molecule has 0 amide bonds. The maximum absolute atomic E-state index is 5.60. The van der Waals surface area contributed by atoms with E-state index in [1.54, 1.807) is 0 Å². The first-order valence-corrected chi connectivity index (χ1v) is 20.5. The van der Waals surface area contributed by atoms with Crippen LogP contribution in [0.5, 0.6) is 0 Å². The molecule has 0 N–H and O–H groups in total. The van der Waals surface area contributed by atoms with Crippen molar-refractivity contribution >= 4 is 54.4 Å². The van der Waals surface area contributed by atoms with Crippen molar-refractivity contribution in [2.24, 2.45) is 0 Å². The fourth-order valence-corrected chi connectivity index (χ4v) is 9.91. The Bertz CT molecular complexity index is 3610. The van der Waals surface area contributed by atoms with E-state index in [1.165, 1.54) is 65.5 Å². The summed E-state index contributed by atoms with van der Waals surface area (Å²) >= 11 is 0. The van der Waals surface area contributed by atoms with Gasteiger partial charge in [-0.05, 0) is 76.0 Å². The van der Waals surface area contributed by atoms with E-state index in [9.17, 15) is 0 Å². The van der Waals surface area contributed by atoms with E-state index in [0.717, 1.165) is 50.6 Å². The number of fused-ring (bicyclic) bond motifs is 9. The molecule has 4 nitrogen and oxygen atoms in total. The first-order valence-electron chi connectivity index (χ1n) is 20.5. The van der Waals surface area contributed by atoms with Gasteiger partial charge in [0.1, 0.15) is 0 Å². The van der Waals surface area contributed by atoms with E-state index in [1.807, 2.05) is 0 Å². The quantitative estimate of drug-likeness (QED) is 0.175. The number of nitrogens with zero attached hydrogens (tertiary/aromatic N) is 4. The molecule has 0 bridgehead atoms. The third kappa shape index (κ3) is 4.73. The lowest BCUT2D eigenvalue weighted by atomic mass is 9.93. The molecule has 0 spiro atoms. The molecular weight excluding hydrogens is 729 g/mol. The highest BCUT2D eigenvalue weighted by Gasteiger charge is 2.30. The minimum atomic E-state index is 0.696. The minimum Gasteiger partial charge on any atom is -0.309 e. The molecule has 0 saturated heterocycles. The number of benzene rings is 9. The van der Waals surface area contributed by atoms with Gasteiger partial charge in [-0.2, -0.15) is 0 Å². The molecular formula is C56H34N4. The standard InChI is InChI=1S/C56H34N4/c1-2-15-35(16-3-1)40-31-32-46-52-45(40)25-14-26-47(52)55-53(46)54(36-17-12-19-38(33-36)59-48-27-8-4-21-41(48)42-22-5-9-28-49(42)59)57-56(58-55)37-18-13-20-39(34-37)60-50-29-10-6-23-43(50)44-24-7-11-30-51(44)60/h1-34H. The minimum absolute atomic E-state index is 0.696. The summed E-state index contributed by atoms with van der Waals surface area (Å²) in [6.45, 7) is 0. The maximum Gasteiger partial charge on any atom is 0.160 e. The Morgan fingerprint density at radius 3 is 1.35 bits per heavy atom. The van der Waals surface area contributed by atoms with Crippen LogP contribution in [-0.2, 0) is 0 Å². The van der Waals surface area contributed by atoms with Gasteiger partial charge >= 0.3 is 0 Å². The Hall–Kier alpha value is -8.08. The monoisotopic (exact) mass is 762 g/mol. The highest BCUT2D eigenvalue weighted by molar-refractivity contribution is 6.20. The predicted molar refractivity (Wildman–Crippen MR) is 249 cm³/mol. The lowest BCUT2D eigenvalue weighted by molar-refractivity contribution is 1.16. The zero-order valence-corrected chi connectivity index (χ0v) is 32.4. The third-order valence-electron chi connectivity index (χ3n) is 12.5. The van der Waals surface area contributed by atoms with E-state index in [2.05, 4.69) is 215 Å². The summed E-state index contributed by atoms with van der Waals surface area (Å²) in [6.07, 6.45) is 0. The first-order chi connectivity index (χ1) is 29.8. The topological polar surface area (TPSA) is 35.6 Å². The average molecular weight is 763 g/mol. The molecule has 4 heteroatoms. The molecule has 0 atom stereocenters. The molecule has 12 aromatic rings. The SMILES string of the molecule is c1ccc(-c2ccc3c4c(cccc24)-c2nc(-c4cccc(-n5c6ccccc6c6ccccc65)c4)nc(-c4cccc(-n5c6ccccc6c6ccccc65)c4)c2-3)cc1. The van der Waals surface area contributed by atoms with Crippen LogP contribution in [0.3, 0.4) is 0 Å². The summed E-state index contributed by atoms with van der Waals surface area (Å²) in [5.41, 5.74) is 16.5. The van der Waals surface area contributed by atoms with Gasteiger partial charge in [0.05, 0.1) is 33.5 Å². The zero-order valence-electron chi connectivity index (χ0n) is 32.4. The highest BCUT2D eigenvalue weighted by atomic mass is 15.0. The van der Waals surface area contributed by atoms with Crippen molar-refractivity contribution in [2.75, 3.05) is 0 Å². The van der Waals surface area contributed by atoms with E-state index in [0.29, 0.717) is 5.82 Å². The van der Waals surface area contributed by atoms with E-state index >= 15 is 0 Å². The van der Waals surface area contributed by atoms with Crippen LogP contribution in [0.4, 0.5) is 0 Å². The summed E-state index contributed by atoms with van der Waals surface area (Å²) in [6, 6.07) is 74.2. The Morgan fingerprint density at radius 1 is 0.300 bits per heavy atom. The Balaban J connectivity index is 1.06. The maximum atomic E-state index is 5.60. The van der Waals surface area contributed by atoms with Crippen LogP contribution < -0.4 is 0 Å². The first kappa shape index (κ1) is 32.9. The van der Waals surface area contributed by atoms with Gasteiger partial charge < -0.3 is 9.13 Å². The number of hydrogen-bond donors (Lipinski definition) is 0. The lowest BCUT2D eigenvalue weighted by Gasteiger charge is -2.15. The van der Waals surface area contributed by atoms with Gasteiger partial charge in [-0.1, -0.05) is 158 Å². The molecule has 0 aliphatic heterocycles. The molecule has 1 aliphatic carbocycles. The van der Waals surface area contributed by atoms with Crippen molar-refractivity contribution < 1.29 is 0 Å². The predicted octanol–water partition coefficient (Wildman–Crippen LogP) is 14.5. The second-order valence-corrected chi connectivity index (χ2v) is 15.7. The largest absolute Gasteiger partial charge is 0.309 e. The number of hydrogen-bond acceptors (Lipinski definition) is 2. The Labute approximate surface area is 345 Å². The molecule has 0 saturated carbocycles. The summed E-state index contributed by atoms with van der Waals surface area (Å²) in [5, 5.41) is 7.39. The second-order valence-electron chi connectivity index (χ2n) is 15.7. The van der Waals surface area contributed by atoms with Crippen molar-refractivity contribution in [2.45, 2.75) is 0 Å². The van der Waals surface area contributed by atoms with Crippen LogP contribution in [0.2, 0.25) is 0 Å². The van der Waals surface area contributed by atoms with E-state index in [4.69, 9.17) is 9.97 Å². The van der Waals surface area contributed by atoms with Gasteiger partial charge in [-0.25, -0.2) is 9.97 Å². The fraction of sp³-hybridized carbons (Fsp3) is 0. The molecule has 9 aromatic carbocycles. The molecule has 13 rings (SSSR count). The zero-order chi connectivity index (χ0) is 39.3. The summed E-state index contributed by atoms with van der Waals surface area (Å²) in [4.78, 5) is 11.1. The molecule has 0 unspecified atom stereocenters. The highest BCUT2D eigenvalue weighted by Crippen LogP contribution is 2.52. The summed E-state index contributed by atoms with van der Waals surface area (Å²) < 4.78 is 4.74. The number of rotatable bonds is 5. The molecule has 3 heterocycles. The van der Waals surface area contributed by atoms with Crippen molar-refractivity contribution in [3.8, 4) is 67.5 Å². The molecule has 0 fully saturated rings. The molecule has 1 aliphatic rings. The Kier molecular flexibility index (Phi) is 6.98. The van der Waals surface area contributed by atoms with Crippen molar-refractivity contribution in [3.05, 3.63) is 206 Å². The second kappa shape index (κ2) is 12.7. The lowest BCUT2D eigenvalue weighted by Crippen LogP contribution is -2.00. The third-order valence-corrected chi connectivity index (χ3v) is 12.5. The van der Waals surface area contributed by atoms with Gasteiger partial charge in [0, 0.05) is 55.2 Å². The van der Waals surface area contributed by atoms with Crippen LogP contribution in [0.25, 0.3) is 122 Å². The fourth-order valence-electron chi connectivity index (χ4n) is 9.91. The van der Waals surface area contributed by atoms with Gasteiger partial charge in [-0.15, -0.1) is 0 Å². The average Bonchev–Trinajstić information content (AvgIpc) is 3.96. The number of aromatic nitrogens is 4. The van der Waals surface area contributed by atoms with Gasteiger partial charge in [0.15, 0.2) is 5.82 Å². The number of para-hydroxylation sites is 4. The summed E-state index contributed by atoms with van der Waals surface area (Å²) in [5.74, 6) is 0.696. The van der Waals surface area contributed by atoms with Crippen LogP contribution in [-0.4, -0.2) is 19.1 Å². The molecule has 3 aromatic heterocycles. The van der Waals surface area contributed by atoms with Gasteiger partial charge in [0.25, 0.3) is 0 Å². The van der Waals surface area contributed by atoms with Crippen molar-refractivity contribution in [3.63, 3.8) is 0 Å². The van der Waals surface area contributed by atoms with Gasteiger partial charge in [-0.3, -0.25) is 0 Å². The van der Waals surface area contributed by atoms with Crippen LogP contribution >= 0.6 is 0 Å². The van der Waals surface area contributed by atoms with E-state index < -0.39 is 0 Å². The van der Waals surface area contributed by atoms with E-state index in [-0.39, 0.29) is 0 Å². The smallest absolute Gasteiger partial charge is 0.160 e. The van der Waals surface area contributed by atoms with Crippen molar-refractivity contribution in [1.29, 1.82) is 0 Å². The summed E-state index contributed by atoms with van der Waals surface area (Å²) in [7, 11) is 0. The normalized spacial score (nSPS) is 12.0. The van der Waals surface area contributed by atoms with Gasteiger partial charge in [0.2, 0.25) is 0 Å². The molecule has 278 valence electrons. The molecule has 0 radical (unpaired) electrons. The van der Waals surface area contributed by atoms with Crippen LogP contribution in [0, 0.1) is 0 Å².